The summed E-state index contributed by atoms with van der Waals surface area (Å²) in [6, 6.07) is 15.5. The molecule has 0 aliphatic carbocycles. The van der Waals surface area contributed by atoms with Crippen molar-refractivity contribution in [3.63, 3.8) is 0 Å². The number of aromatic nitrogens is 1. The van der Waals surface area contributed by atoms with Crippen LogP contribution in [0.2, 0.25) is 15.1 Å². The molecule has 1 aromatic heterocycles. The average molecular weight is 546 g/mol. The van der Waals surface area contributed by atoms with Crippen LogP contribution in [0.4, 0.5) is 5.13 Å². The number of carbonyl (C=O) groups is 2. The second-order valence-corrected chi connectivity index (χ2v) is 9.94. The van der Waals surface area contributed by atoms with E-state index in [1.54, 1.807) is 67.8 Å². The zero-order valence-corrected chi connectivity index (χ0v) is 21.0. The molecule has 3 aromatic carbocycles. The van der Waals surface area contributed by atoms with Crippen LogP contribution in [-0.2, 0) is 9.59 Å². The summed E-state index contributed by atoms with van der Waals surface area (Å²) < 4.78 is 6.05. The van der Waals surface area contributed by atoms with Gasteiger partial charge in [-0.25, -0.2) is 4.98 Å². The van der Waals surface area contributed by atoms with Crippen molar-refractivity contribution in [3.05, 3.63) is 92.4 Å². The van der Waals surface area contributed by atoms with Crippen molar-refractivity contribution < 1.29 is 19.4 Å². The smallest absolute Gasteiger partial charge is 0.301 e. The summed E-state index contributed by atoms with van der Waals surface area (Å²) >= 11 is 19.6. The Morgan fingerprint density at radius 2 is 1.74 bits per heavy atom. The van der Waals surface area contributed by atoms with Gasteiger partial charge in [0.1, 0.15) is 11.5 Å². The molecule has 0 bridgehead atoms. The number of halogens is 3. The number of nitrogens with zero attached hydrogens (tertiary/aromatic N) is 2. The van der Waals surface area contributed by atoms with Crippen LogP contribution in [-0.4, -0.2) is 28.9 Å². The molecular weight excluding hydrogens is 531 g/mol. The van der Waals surface area contributed by atoms with Gasteiger partial charge in [-0.3, -0.25) is 14.5 Å². The van der Waals surface area contributed by atoms with Gasteiger partial charge in [0.05, 0.1) is 39.0 Å². The van der Waals surface area contributed by atoms with Crippen molar-refractivity contribution in [1.29, 1.82) is 0 Å². The summed E-state index contributed by atoms with van der Waals surface area (Å²) in [5.41, 5.74) is 1.38. The number of fused-ring (bicyclic) bond motifs is 1. The van der Waals surface area contributed by atoms with Crippen LogP contribution in [0, 0.1) is 0 Å². The van der Waals surface area contributed by atoms with E-state index in [-0.39, 0.29) is 16.4 Å². The minimum absolute atomic E-state index is 0.0902. The monoisotopic (exact) mass is 544 g/mol. The third-order valence-electron chi connectivity index (χ3n) is 5.61. The van der Waals surface area contributed by atoms with Crippen LogP contribution in [0.15, 0.2) is 66.2 Å². The van der Waals surface area contributed by atoms with E-state index in [0.717, 1.165) is 4.70 Å². The lowest BCUT2D eigenvalue weighted by atomic mass is 9.95. The van der Waals surface area contributed by atoms with Gasteiger partial charge in [0, 0.05) is 10.6 Å². The van der Waals surface area contributed by atoms with Gasteiger partial charge in [-0.1, -0.05) is 52.2 Å². The zero-order chi connectivity index (χ0) is 24.9. The van der Waals surface area contributed by atoms with E-state index in [1.807, 2.05) is 0 Å². The molecule has 6 nitrogen and oxygen atoms in total. The van der Waals surface area contributed by atoms with E-state index in [0.29, 0.717) is 37.6 Å². The van der Waals surface area contributed by atoms with Crippen LogP contribution < -0.4 is 9.64 Å². The van der Waals surface area contributed by atoms with Gasteiger partial charge >= 0.3 is 5.91 Å². The van der Waals surface area contributed by atoms with Crippen molar-refractivity contribution in [2.45, 2.75) is 6.04 Å². The lowest BCUT2D eigenvalue weighted by Crippen LogP contribution is -2.29. The number of hydrogen-bond donors (Lipinski definition) is 1. The molecule has 5 rings (SSSR count). The second-order valence-electron chi connectivity index (χ2n) is 7.68. The maximum atomic E-state index is 13.3. The quantitative estimate of drug-likeness (QED) is 0.172. The molecule has 1 saturated heterocycles. The van der Waals surface area contributed by atoms with Crippen molar-refractivity contribution in [2.75, 3.05) is 12.0 Å². The van der Waals surface area contributed by atoms with E-state index >= 15 is 0 Å². The largest absolute Gasteiger partial charge is 0.507 e. The first-order valence-electron chi connectivity index (χ1n) is 10.2. The molecule has 1 aliphatic heterocycles. The SMILES string of the molecule is COc1ccc2nc(N3C(=O)C(=O)/C(=C(/O)c4ccc(Cl)cc4)C3c3ccc(Cl)c(Cl)c3)sc2c1. The molecule has 0 radical (unpaired) electrons. The predicted molar refractivity (Wildman–Crippen MR) is 139 cm³/mol. The number of aliphatic hydroxyl groups is 1. The first-order valence-corrected chi connectivity index (χ1v) is 12.2. The fourth-order valence-electron chi connectivity index (χ4n) is 3.91. The molecule has 1 aliphatic rings. The standard InChI is InChI=1S/C25H15Cl3N2O4S/c1-34-15-7-9-18-19(11-15)35-25(29-18)30-21(13-4-8-16(27)17(28)10-13)20(23(32)24(30)33)22(31)12-2-5-14(26)6-3-12/h2-11,21,31H,1H3/b22-20+. The van der Waals surface area contributed by atoms with Crippen molar-refractivity contribution >= 4 is 78.9 Å². The Bertz CT molecular complexity index is 1530. The van der Waals surface area contributed by atoms with Crippen LogP contribution in [0.25, 0.3) is 16.0 Å². The number of Topliss-reactive ketones (excluding diaryl/α,β-unsaturated/α-hetero) is 1. The first kappa shape index (κ1) is 23.6. The Balaban J connectivity index is 1.73. The number of ketones is 1. The molecule has 1 atom stereocenters. The second kappa shape index (κ2) is 9.17. The van der Waals surface area contributed by atoms with Crippen molar-refractivity contribution in [1.82, 2.24) is 4.98 Å². The van der Waals surface area contributed by atoms with Crippen LogP contribution in [0.5, 0.6) is 5.75 Å². The molecular formula is C25H15Cl3N2O4S. The Labute approximate surface area is 218 Å². The number of anilines is 1. The number of thiazole rings is 1. The van der Waals surface area contributed by atoms with Crippen LogP contribution in [0.1, 0.15) is 17.2 Å². The molecule has 10 heteroatoms. The molecule has 1 fully saturated rings. The minimum Gasteiger partial charge on any atom is -0.507 e. The molecule has 35 heavy (non-hydrogen) atoms. The summed E-state index contributed by atoms with van der Waals surface area (Å²) in [6.07, 6.45) is 0. The molecule has 1 unspecified atom stereocenters. The zero-order valence-electron chi connectivity index (χ0n) is 18.0. The van der Waals surface area contributed by atoms with E-state index in [1.165, 1.54) is 16.2 Å². The predicted octanol–water partition coefficient (Wildman–Crippen LogP) is 6.89. The highest BCUT2D eigenvalue weighted by Gasteiger charge is 2.48. The van der Waals surface area contributed by atoms with Gasteiger partial charge in [-0.05, 0) is 60.2 Å². The maximum Gasteiger partial charge on any atom is 0.301 e. The highest BCUT2D eigenvalue weighted by molar-refractivity contribution is 7.22. The van der Waals surface area contributed by atoms with Gasteiger partial charge in [-0.15, -0.1) is 0 Å². The number of aliphatic hydroxyl groups excluding tert-OH is 1. The van der Waals surface area contributed by atoms with Gasteiger partial charge in [0.15, 0.2) is 5.13 Å². The Kier molecular flexibility index (Phi) is 6.19. The highest BCUT2D eigenvalue weighted by atomic mass is 35.5. The fraction of sp³-hybridized carbons (Fsp3) is 0.0800. The van der Waals surface area contributed by atoms with Crippen LogP contribution in [0.3, 0.4) is 0 Å². The van der Waals surface area contributed by atoms with Gasteiger partial charge in [0.2, 0.25) is 0 Å². The van der Waals surface area contributed by atoms with Crippen molar-refractivity contribution in [3.8, 4) is 5.75 Å². The summed E-state index contributed by atoms with van der Waals surface area (Å²) in [7, 11) is 1.56. The molecule has 176 valence electrons. The summed E-state index contributed by atoms with van der Waals surface area (Å²) in [5, 5.41) is 12.5. The minimum atomic E-state index is -0.983. The van der Waals surface area contributed by atoms with E-state index in [2.05, 4.69) is 4.98 Å². The van der Waals surface area contributed by atoms with Gasteiger partial charge in [-0.2, -0.15) is 0 Å². The Morgan fingerprint density at radius 3 is 2.43 bits per heavy atom. The summed E-state index contributed by atoms with van der Waals surface area (Å²) in [5.74, 6) is -1.35. The highest BCUT2D eigenvalue weighted by Crippen LogP contribution is 2.45. The number of amides is 1. The lowest BCUT2D eigenvalue weighted by molar-refractivity contribution is -0.132. The number of rotatable bonds is 4. The molecule has 4 aromatic rings. The lowest BCUT2D eigenvalue weighted by Gasteiger charge is -2.23. The summed E-state index contributed by atoms with van der Waals surface area (Å²) in [4.78, 5) is 32.5. The summed E-state index contributed by atoms with van der Waals surface area (Å²) in [6.45, 7) is 0. The fourth-order valence-corrected chi connectivity index (χ4v) is 5.37. The third-order valence-corrected chi connectivity index (χ3v) is 7.62. The topological polar surface area (TPSA) is 79.7 Å². The third kappa shape index (κ3) is 4.15. The molecule has 2 heterocycles. The number of hydrogen-bond acceptors (Lipinski definition) is 6. The van der Waals surface area contributed by atoms with Gasteiger partial charge < -0.3 is 9.84 Å². The van der Waals surface area contributed by atoms with E-state index in [9.17, 15) is 14.7 Å². The number of carbonyl (C=O) groups excluding carboxylic acids is 2. The van der Waals surface area contributed by atoms with Gasteiger partial charge in [0.25, 0.3) is 5.78 Å². The normalized spacial score (nSPS) is 17.4. The maximum absolute atomic E-state index is 13.3. The van der Waals surface area contributed by atoms with E-state index in [4.69, 9.17) is 39.5 Å². The van der Waals surface area contributed by atoms with E-state index < -0.39 is 17.7 Å². The average Bonchev–Trinajstić information content (AvgIpc) is 3.38. The molecule has 1 N–H and O–H groups in total. The number of benzene rings is 3. The number of methoxy groups -OCH3 is 1. The molecule has 1 amide bonds. The number of ether oxygens (including phenoxy) is 1. The first-order chi connectivity index (χ1) is 16.8. The van der Waals surface area contributed by atoms with Crippen molar-refractivity contribution in [2.24, 2.45) is 0 Å². The molecule has 0 saturated carbocycles. The molecule has 0 spiro atoms. The Hall–Kier alpha value is -3.10. The Morgan fingerprint density at radius 1 is 1.00 bits per heavy atom. The van der Waals surface area contributed by atoms with Crippen LogP contribution >= 0.6 is 46.1 Å².